The predicted molar refractivity (Wildman–Crippen MR) is 121 cm³/mol. The Labute approximate surface area is 190 Å². The van der Waals surface area contributed by atoms with Gasteiger partial charge in [0.15, 0.2) is 0 Å². The van der Waals surface area contributed by atoms with E-state index in [0.717, 1.165) is 11.0 Å². The van der Waals surface area contributed by atoms with Crippen LogP contribution in [0.4, 0.5) is 0 Å². The minimum Gasteiger partial charge on any atom is -0.473 e. The quantitative estimate of drug-likeness (QED) is 0.440. The SMILES string of the molecule is Cc1onc(-c2ccccc2Cl)c1C(=O)N1CCC(Oc2cnc3ccccc3n2)CC1. The van der Waals surface area contributed by atoms with Gasteiger partial charge in [-0.05, 0) is 25.1 Å². The van der Waals surface area contributed by atoms with E-state index in [-0.39, 0.29) is 12.0 Å². The number of aromatic nitrogens is 3. The van der Waals surface area contributed by atoms with Gasteiger partial charge in [-0.3, -0.25) is 4.79 Å². The summed E-state index contributed by atoms with van der Waals surface area (Å²) in [5.41, 5.74) is 3.24. The number of rotatable bonds is 4. The third-order valence-electron chi connectivity index (χ3n) is 5.65. The van der Waals surface area contributed by atoms with E-state index in [1.165, 1.54) is 0 Å². The second-order valence-electron chi connectivity index (χ2n) is 7.75. The molecule has 4 aromatic rings. The van der Waals surface area contributed by atoms with Gasteiger partial charge < -0.3 is 14.2 Å². The zero-order valence-corrected chi connectivity index (χ0v) is 18.2. The van der Waals surface area contributed by atoms with Crippen molar-refractivity contribution in [3.05, 3.63) is 71.1 Å². The topological polar surface area (TPSA) is 81.4 Å². The molecule has 0 radical (unpaired) electrons. The van der Waals surface area contributed by atoms with Crippen molar-refractivity contribution in [3.8, 4) is 17.1 Å². The van der Waals surface area contributed by atoms with Crippen molar-refractivity contribution >= 4 is 28.5 Å². The number of nitrogens with zero attached hydrogens (tertiary/aromatic N) is 4. The lowest BCUT2D eigenvalue weighted by Gasteiger charge is -2.32. The van der Waals surface area contributed by atoms with Crippen LogP contribution < -0.4 is 4.74 Å². The van der Waals surface area contributed by atoms with Gasteiger partial charge in [0.25, 0.3) is 5.91 Å². The highest BCUT2D eigenvalue weighted by Crippen LogP contribution is 2.32. The molecule has 0 N–H and O–H groups in total. The highest BCUT2D eigenvalue weighted by Gasteiger charge is 2.30. The summed E-state index contributed by atoms with van der Waals surface area (Å²) in [4.78, 5) is 24.1. The van der Waals surface area contributed by atoms with Crippen molar-refractivity contribution in [1.82, 2.24) is 20.0 Å². The van der Waals surface area contributed by atoms with Crippen LogP contribution in [0, 0.1) is 6.92 Å². The summed E-state index contributed by atoms with van der Waals surface area (Å²) in [5, 5.41) is 4.64. The van der Waals surface area contributed by atoms with Gasteiger partial charge >= 0.3 is 0 Å². The van der Waals surface area contributed by atoms with Gasteiger partial charge in [-0.1, -0.05) is 47.1 Å². The Bertz CT molecular complexity index is 1280. The van der Waals surface area contributed by atoms with Crippen LogP contribution in [0.15, 0.2) is 59.3 Å². The maximum atomic E-state index is 13.3. The Balaban J connectivity index is 1.28. The van der Waals surface area contributed by atoms with Gasteiger partial charge in [0, 0.05) is 31.5 Å². The molecule has 0 unspecified atom stereocenters. The molecule has 1 saturated heterocycles. The number of ether oxygens (including phenoxy) is 1. The van der Waals surface area contributed by atoms with Crippen LogP contribution in [0.3, 0.4) is 0 Å². The number of carbonyl (C=O) groups excluding carboxylic acids is 1. The fourth-order valence-corrected chi connectivity index (χ4v) is 4.19. The van der Waals surface area contributed by atoms with Crippen molar-refractivity contribution in [1.29, 1.82) is 0 Å². The number of para-hydroxylation sites is 2. The number of carbonyl (C=O) groups is 1. The van der Waals surface area contributed by atoms with Crippen molar-refractivity contribution in [2.75, 3.05) is 13.1 Å². The van der Waals surface area contributed by atoms with Crippen molar-refractivity contribution < 1.29 is 14.1 Å². The average Bonchev–Trinajstić information content (AvgIpc) is 3.20. The van der Waals surface area contributed by atoms with Crippen LogP contribution in [-0.4, -0.2) is 45.1 Å². The fourth-order valence-electron chi connectivity index (χ4n) is 3.96. The van der Waals surface area contributed by atoms with Gasteiger partial charge in [-0.25, -0.2) is 9.97 Å². The Morgan fingerprint density at radius 3 is 2.59 bits per heavy atom. The van der Waals surface area contributed by atoms with Gasteiger partial charge in [-0.15, -0.1) is 0 Å². The summed E-state index contributed by atoms with van der Waals surface area (Å²) in [5.74, 6) is 0.877. The monoisotopic (exact) mass is 448 g/mol. The lowest BCUT2D eigenvalue weighted by molar-refractivity contribution is 0.0587. The Morgan fingerprint density at radius 1 is 1.09 bits per heavy atom. The van der Waals surface area contributed by atoms with Crippen LogP contribution in [-0.2, 0) is 0 Å². The Kier molecular flexibility index (Phi) is 5.49. The molecule has 1 aliphatic heterocycles. The first-order valence-electron chi connectivity index (χ1n) is 10.5. The predicted octanol–water partition coefficient (Wildman–Crippen LogP) is 4.93. The standard InChI is InChI=1S/C24H21ClN4O3/c1-15-22(23(28-32-15)17-6-2-3-7-18(17)25)24(30)29-12-10-16(11-13-29)31-21-14-26-19-8-4-5-9-20(19)27-21/h2-9,14,16H,10-13H2,1H3. The lowest BCUT2D eigenvalue weighted by Crippen LogP contribution is -2.42. The van der Waals surface area contributed by atoms with E-state index in [1.54, 1.807) is 19.2 Å². The molecule has 0 atom stereocenters. The first-order valence-corrected chi connectivity index (χ1v) is 10.9. The molecule has 3 heterocycles. The molecule has 1 amide bonds. The number of benzene rings is 2. The molecule has 2 aromatic carbocycles. The van der Waals surface area contributed by atoms with E-state index in [0.29, 0.717) is 59.4 Å². The molecule has 0 saturated carbocycles. The average molecular weight is 449 g/mol. The Hall–Kier alpha value is -3.45. The molecule has 1 fully saturated rings. The number of aryl methyl sites for hydroxylation is 1. The van der Waals surface area contributed by atoms with E-state index < -0.39 is 0 Å². The molecule has 7 nitrogen and oxygen atoms in total. The molecule has 5 rings (SSSR count). The van der Waals surface area contributed by atoms with Crippen LogP contribution in [0.25, 0.3) is 22.3 Å². The third kappa shape index (κ3) is 3.91. The van der Waals surface area contributed by atoms with E-state index in [2.05, 4.69) is 15.1 Å². The first-order chi connectivity index (χ1) is 15.6. The first kappa shape index (κ1) is 20.5. The van der Waals surface area contributed by atoms with E-state index in [4.69, 9.17) is 20.9 Å². The molecule has 0 spiro atoms. The maximum absolute atomic E-state index is 13.3. The third-order valence-corrected chi connectivity index (χ3v) is 5.98. The molecular formula is C24H21ClN4O3. The smallest absolute Gasteiger partial charge is 0.259 e. The minimum absolute atomic E-state index is 0.0267. The molecule has 1 aliphatic rings. The van der Waals surface area contributed by atoms with E-state index >= 15 is 0 Å². The number of hydrogen-bond donors (Lipinski definition) is 0. The van der Waals surface area contributed by atoms with Gasteiger partial charge in [0.1, 0.15) is 23.1 Å². The summed E-state index contributed by atoms with van der Waals surface area (Å²) in [6.07, 6.45) is 3.02. The largest absolute Gasteiger partial charge is 0.473 e. The second-order valence-corrected chi connectivity index (χ2v) is 8.16. The van der Waals surface area contributed by atoms with E-state index in [9.17, 15) is 4.79 Å². The van der Waals surface area contributed by atoms with Crippen molar-refractivity contribution in [2.45, 2.75) is 25.9 Å². The molecule has 162 valence electrons. The van der Waals surface area contributed by atoms with Crippen LogP contribution >= 0.6 is 11.6 Å². The molecule has 8 heteroatoms. The summed E-state index contributed by atoms with van der Waals surface area (Å²) in [7, 11) is 0. The summed E-state index contributed by atoms with van der Waals surface area (Å²) in [6, 6.07) is 15.0. The van der Waals surface area contributed by atoms with E-state index in [1.807, 2.05) is 47.4 Å². The van der Waals surface area contributed by atoms with Crippen LogP contribution in [0.2, 0.25) is 5.02 Å². The number of halogens is 1. The van der Waals surface area contributed by atoms with Gasteiger partial charge in [-0.2, -0.15) is 0 Å². The molecule has 32 heavy (non-hydrogen) atoms. The number of amides is 1. The Morgan fingerprint density at radius 2 is 1.81 bits per heavy atom. The van der Waals surface area contributed by atoms with Crippen LogP contribution in [0.5, 0.6) is 5.88 Å². The highest BCUT2D eigenvalue weighted by atomic mass is 35.5. The number of likely N-dealkylation sites (tertiary alicyclic amines) is 1. The molecule has 2 aromatic heterocycles. The second kappa shape index (κ2) is 8.59. The summed E-state index contributed by atoms with van der Waals surface area (Å²) < 4.78 is 11.4. The number of piperidine rings is 1. The number of fused-ring (bicyclic) bond motifs is 1. The highest BCUT2D eigenvalue weighted by molar-refractivity contribution is 6.33. The summed E-state index contributed by atoms with van der Waals surface area (Å²) in [6.45, 7) is 2.88. The zero-order valence-electron chi connectivity index (χ0n) is 17.5. The van der Waals surface area contributed by atoms with Gasteiger partial charge in [0.05, 0.1) is 22.3 Å². The fraction of sp³-hybridized carbons (Fsp3) is 0.250. The van der Waals surface area contributed by atoms with Crippen LogP contribution in [0.1, 0.15) is 29.0 Å². The maximum Gasteiger partial charge on any atom is 0.259 e. The lowest BCUT2D eigenvalue weighted by atomic mass is 10.0. The minimum atomic E-state index is -0.109. The van der Waals surface area contributed by atoms with Crippen molar-refractivity contribution in [3.63, 3.8) is 0 Å². The van der Waals surface area contributed by atoms with Crippen molar-refractivity contribution in [2.24, 2.45) is 0 Å². The van der Waals surface area contributed by atoms with Gasteiger partial charge in [0.2, 0.25) is 5.88 Å². The summed E-state index contributed by atoms with van der Waals surface area (Å²) >= 11 is 6.33. The molecule has 0 bridgehead atoms. The number of hydrogen-bond acceptors (Lipinski definition) is 6. The molecule has 0 aliphatic carbocycles. The normalized spacial score (nSPS) is 14.6. The zero-order chi connectivity index (χ0) is 22.1. The molecular weight excluding hydrogens is 428 g/mol.